The molecule has 1 unspecified atom stereocenters. The molecule has 3 aromatic rings. The maximum atomic E-state index is 16.1. The number of halogens is 1. The van der Waals surface area contributed by atoms with Crippen LogP contribution in [0.4, 0.5) is 16.2 Å². The van der Waals surface area contributed by atoms with E-state index in [9.17, 15) is 14.8 Å². The van der Waals surface area contributed by atoms with E-state index in [1.807, 2.05) is 5.92 Å². The number of alkyl halides is 1. The number of hydrogen-bond acceptors (Lipinski definition) is 13. The predicted molar refractivity (Wildman–Crippen MR) is 155 cm³/mol. The number of carbonyl (C=O) groups is 1. The maximum absolute atomic E-state index is 16.1. The largest absolute Gasteiger partial charge is 0.574 e. The molecule has 2 aromatic heterocycles. The molecule has 1 aliphatic carbocycles. The average Bonchev–Trinajstić information content (AvgIpc) is 3.65. The molecule has 0 radical (unpaired) electrons. The maximum Gasteiger partial charge on any atom is 0.412 e. The molecule has 0 spiro atoms. The highest BCUT2D eigenvalue weighted by molar-refractivity contribution is 7.33. The van der Waals surface area contributed by atoms with Crippen molar-refractivity contribution in [2.45, 2.75) is 75.9 Å². The number of ether oxygens (including phenoxy) is 3. The lowest BCUT2D eigenvalue weighted by Gasteiger charge is -2.23. The van der Waals surface area contributed by atoms with Gasteiger partial charge in [0.05, 0.1) is 12.4 Å². The minimum Gasteiger partial charge on any atom is -0.574 e. The van der Waals surface area contributed by atoms with E-state index in [1.54, 1.807) is 13.8 Å². The SMILES string of the molecule is C#C[C@@]1(F)[C@H](O)[C@@H](COc2ccc(O/[P+]([O-])=N/N[C@@H](C)C(=O)OC(C)C)cc2)O[C@H]1n1cnc2c(NC3CC3)nc(N)nc21. The van der Waals surface area contributed by atoms with Gasteiger partial charge >= 0.3 is 14.1 Å². The number of aliphatic hydroxyl groups is 1. The number of nitrogens with zero attached hydrogens (tertiary/aromatic N) is 5. The van der Waals surface area contributed by atoms with Gasteiger partial charge in [-0.15, -0.1) is 6.42 Å². The predicted octanol–water partition coefficient (Wildman–Crippen LogP) is 1.74. The van der Waals surface area contributed by atoms with E-state index in [-0.39, 0.29) is 36.1 Å². The number of rotatable bonds is 12. The highest BCUT2D eigenvalue weighted by atomic mass is 31.1. The highest BCUT2D eigenvalue weighted by Gasteiger charge is 2.58. The molecule has 44 heavy (non-hydrogen) atoms. The third-order valence-corrected chi connectivity index (χ3v) is 7.38. The molecule has 5 rings (SSSR count). The van der Waals surface area contributed by atoms with Crippen LogP contribution < -0.4 is 30.6 Å². The van der Waals surface area contributed by atoms with Gasteiger partial charge < -0.3 is 35.3 Å². The molecule has 15 nitrogen and oxygen atoms in total. The molecule has 1 aromatic carbocycles. The van der Waals surface area contributed by atoms with E-state index in [1.165, 1.54) is 42.1 Å². The zero-order valence-electron chi connectivity index (χ0n) is 24.1. The number of terminal acetylenes is 1. The lowest BCUT2D eigenvalue weighted by molar-refractivity contribution is -0.169. The lowest BCUT2D eigenvalue weighted by atomic mass is 9.97. The summed E-state index contributed by atoms with van der Waals surface area (Å²) in [6.07, 6.45) is 4.13. The molecule has 0 amide bonds. The van der Waals surface area contributed by atoms with E-state index in [0.29, 0.717) is 17.1 Å². The van der Waals surface area contributed by atoms with Crippen molar-refractivity contribution < 1.29 is 37.9 Å². The Bertz CT molecular complexity index is 1580. The van der Waals surface area contributed by atoms with Gasteiger partial charge in [-0.3, -0.25) is 13.9 Å². The molecule has 2 fully saturated rings. The summed E-state index contributed by atoms with van der Waals surface area (Å²) in [6.45, 7) is 4.67. The number of aliphatic hydroxyl groups excluding tert-OH is 1. The van der Waals surface area contributed by atoms with Crippen molar-refractivity contribution in [3.8, 4) is 23.8 Å². The number of imidazole rings is 1. The molecule has 2 aliphatic rings. The normalized spacial score (nSPS) is 24.2. The summed E-state index contributed by atoms with van der Waals surface area (Å²) in [6, 6.07) is 5.39. The van der Waals surface area contributed by atoms with Crippen LogP contribution in [0.25, 0.3) is 11.2 Å². The number of hydrogen-bond donors (Lipinski definition) is 4. The fourth-order valence-electron chi connectivity index (χ4n) is 4.34. The zero-order valence-corrected chi connectivity index (χ0v) is 25.0. The molecule has 3 heterocycles. The fraction of sp³-hybridized carbons (Fsp3) is 0.481. The average molecular weight is 631 g/mol. The van der Waals surface area contributed by atoms with Crippen molar-refractivity contribution in [3.63, 3.8) is 0 Å². The van der Waals surface area contributed by atoms with E-state index < -0.39 is 44.3 Å². The number of esters is 1. The van der Waals surface area contributed by atoms with E-state index in [2.05, 4.69) is 30.5 Å². The number of fused-ring (bicyclic) bond motifs is 1. The van der Waals surface area contributed by atoms with Crippen LogP contribution in [0.1, 0.15) is 39.8 Å². The Morgan fingerprint density at radius 2 is 2.05 bits per heavy atom. The lowest BCUT2D eigenvalue weighted by Crippen LogP contribution is -2.42. The van der Waals surface area contributed by atoms with Gasteiger partial charge in [0.15, 0.2) is 29.0 Å². The van der Waals surface area contributed by atoms with Gasteiger partial charge in [-0.25, -0.2) is 9.37 Å². The third-order valence-electron chi connectivity index (χ3n) is 6.74. The third kappa shape index (κ3) is 6.82. The summed E-state index contributed by atoms with van der Waals surface area (Å²) in [5.41, 5.74) is 6.25. The Morgan fingerprint density at radius 3 is 2.70 bits per heavy atom. The first-order valence-corrected chi connectivity index (χ1v) is 14.9. The first-order valence-electron chi connectivity index (χ1n) is 13.8. The molecule has 234 valence electrons. The van der Waals surface area contributed by atoms with E-state index in [0.717, 1.165) is 12.8 Å². The number of nitrogen functional groups attached to an aromatic ring is 1. The summed E-state index contributed by atoms with van der Waals surface area (Å²) < 4.78 is 39.3. The summed E-state index contributed by atoms with van der Waals surface area (Å²) >= 11 is 0. The van der Waals surface area contributed by atoms with Gasteiger partial charge in [-0.05, 0) is 57.9 Å². The molecular formula is C27H32FN8O7P. The number of carbonyl (C=O) groups excluding carboxylic acids is 1. The van der Waals surface area contributed by atoms with Crippen LogP contribution in [0.2, 0.25) is 0 Å². The second-order valence-electron chi connectivity index (χ2n) is 10.6. The number of nitrogens with one attached hydrogen (secondary N) is 2. The second kappa shape index (κ2) is 12.8. The minimum atomic E-state index is -2.64. The van der Waals surface area contributed by atoms with Crippen LogP contribution in [-0.2, 0) is 14.3 Å². The molecular weight excluding hydrogens is 598 g/mol. The van der Waals surface area contributed by atoms with Crippen molar-refractivity contribution in [3.05, 3.63) is 30.6 Å². The molecule has 6 atom stereocenters. The Labute approximate surface area is 252 Å². The molecule has 17 heteroatoms. The highest BCUT2D eigenvalue weighted by Crippen LogP contribution is 2.43. The Balaban J connectivity index is 1.22. The first kappa shape index (κ1) is 31.3. The van der Waals surface area contributed by atoms with Gasteiger partial charge in [-0.2, -0.15) is 15.4 Å². The Morgan fingerprint density at radius 1 is 1.34 bits per heavy atom. The first-order chi connectivity index (χ1) is 21.0. The van der Waals surface area contributed by atoms with Crippen molar-refractivity contribution in [2.75, 3.05) is 17.7 Å². The number of anilines is 2. The van der Waals surface area contributed by atoms with E-state index >= 15 is 4.39 Å². The fourth-order valence-corrected chi connectivity index (χ4v) is 4.95. The second-order valence-corrected chi connectivity index (χ2v) is 11.5. The van der Waals surface area contributed by atoms with Crippen LogP contribution in [0.3, 0.4) is 0 Å². The van der Waals surface area contributed by atoms with Crippen LogP contribution >= 0.6 is 8.17 Å². The molecule has 1 saturated carbocycles. The number of aromatic nitrogens is 4. The number of nitrogens with two attached hydrogens (primary N) is 1. The Hall–Kier alpha value is -4.13. The van der Waals surface area contributed by atoms with Crippen LogP contribution in [0.15, 0.2) is 35.4 Å². The monoisotopic (exact) mass is 630 g/mol. The van der Waals surface area contributed by atoms with Crippen LogP contribution in [-0.4, -0.2) is 73.3 Å². The summed E-state index contributed by atoms with van der Waals surface area (Å²) in [4.78, 5) is 40.4. The van der Waals surface area contributed by atoms with Crippen molar-refractivity contribution in [1.29, 1.82) is 0 Å². The summed E-state index contributed by atoms with van der Waals surface area (Å²) in [5.74, 6) is 2.38. The van der Waals surface area contributed by atoms with Crippen molar-refractivity contribution in [2.24, 2.45) is 4.85 Å². The van der Waals surface area contributed by atoms with Gasteiger partial charge in [0, 0.05) is 10.9 Å². The summed E-state index contributed by atoms with van der Waals surface area (Å²) in [5, 5.41) is 14.1. The molecule has 1 saturated heterocycles. The van der Waals surface area contributed by atoms with Gasteiger partial charge in [0.25, 0.3) is 0 Å². The minimum absolute atomic E-state index is 0.0474. The smallest absolute Gasteiger partial charge is 0.412 e. The quantitative estimate of drug-likeness (QED) is 0.0976. The molecule has 0 bridgehead atoms. The van der Waals surface area contributed by atoms with Crippen molar-refractivity contribution in [1.82, 2.24) is 24.9 Å². The number of benzene rings is 1. The van der Waals surface area contributed by atoms with Crippen molar-refractivity contribution >= 4 is 37.1 Å². The zero-order chi connectivity index (χ0) is 31.6. The molecule has 5 N–H and O–H groups in total. The summed E-state index contributed by atoms with van der Waals surface area (Å²) in [7, 11) is -2.55. The van der Waals surface area contributed by atoms with Crippen LogP contribution in [0, 0.1) is 12.3 Å². The van der Waals surface area contributed by atoms with Gasteiger partial charge in [0.1, 0.15) is 30.6 Å². The topological polar surface area (TPSA) is 203 Å². The van der Waals surface area contributed by atoms with Gasteiger partial charge in [-0.1, -0.05) is 5.92 Å². The standard InChI is InChI=1S/C27H32FN8O7P/c1-5-27(28)21(37)19(42-25(27)36-13-30-20-22(31-16-6-7-16)32-26(29)33-23(20)36)12-40-17-8-10-18(11-9-17)43-44(39)35-34-15(4)24(38)41-14(2)3/h1,8-11,13-16,19,21,25,34,37H,6-7,12H2,2-4H3,(H3,29,31,32,33)/t15-,19+,21+,25+,27+/m0/s1. The Kier molecular flexibility index (Phi) is 9.14. The van der Waals surface area contributed by atoms with E-state index in [4.69, 9.17) is 30.9 Å². The van der Waals surface area contributed by atoms with Crippen LogP contribution in [0.5, 0.6) is 11.5 Å². The van der Waals surface area contributed by atoms with Gasteiger partial charge in [0.2, 0.25) is 11.6 Å². The molecule has 1 aliphatic heterocycles.